The van der Waals surface area contributed by atoms with E-state index in [4.69, 9.17) is 11.6 Å². The van der Waals surface area contributed by atoms with Crippen LogP contribution in [0.3, 0.4) is 0 Å². The number of hydrogen-bond acceptors (Lipinski definition) is 3. The second-order valence-corrected chi connectivity index (χ2v) is 4.93. The largest absolute Gasteiger partial charge is 0.506 e. The molecule has 0 aliphatic heterocycles. The second kappa shape index (κ2) is 6.43. The van der Waals surface area contributed by atoms with Crippen LogP contribution in [-0.2, 0) is 4.79 Å². The fraction of sp³-hybridized carbons (Fsp3) is 0.385. The minimum absolute atomic E-state index is 0.00923. The van der Waals surface area contributed by atoms with Gasteiger partial charge in [0.25, 0.3) is 5.91 Å². The molecule has 5 nitrogen and oxygen atoms in total. The molecule has 1 unspecified atom stereocenters. The number of carbonyl (C=O) groups excluding carboxylic acids is 2. The molecule has 0 aliphatic rings. The molecule has 0 fully saturated rings. The van der Waals surface area contributed by atoms with E-state index in [-0.39, 0.29) is 28.3 Å². The molecule has 1 atom stereocenters. The number of phenols is 1. The third-order valence-electron chi connectivity index (χ3n) is 2.38. The van der Waals surface area contributed by atoms with Gasteiger partial charge in [-0.05, 0) is 39.0 Å². The van der Waals surface area contributed by atoms with Gasteiger partial charge in [0, 0.05) is 11.6 Å². The van der Waals surface area contributed by atoms with Crippen LogP contribution in [0.4, 0.5) is 0 Å². The normalized spacial score (nSPS) is 12.1. The summed E-state index contributed by atoms with van der Waals surface area (Å²) in [5, 5.41) is 14.6. The minimum Gasteiger partial charge on any atom is -0.506 e. The summed E-state index contributed by atoms with van der Waals surface area (Å²) >= 11 is 5.72. The van der Waals surface area contributed by atoms with Crippen molar-refractivity contribution in [3.8, 4) is 5.75 Å². The average Bonchev–Trinajstić information content (AvgIpc) is 2.31. The molecule has 2 amide bonds. The molecule has 0 bridgehead atoms. The van der Waals surface area contributed by atoms with E-state index in [0.29, 0.717) is 0 Å². The van der Waals surface area contributed by atoms with Crippen molar-refractivity contribution in [2.24, 2.45) is 0 Å². The Morgan fingerprint density at radius 2 is 1.84 bits per heavy atom. The Morgan fingerprint density at radius 1 is 1.21 bits per heavy atom. The van der Waals surface area contributed by atoms with Crippen molar-refractivity contribution in [3.63, 3.8) is 0 Å². The first kappa shape index (κ1) is 15.3. The Morgan fingerprint density at radius 3 is 2.37 bits per heavy atom. The van der Waals surface area contributed by atoms with E-state index in [1.807, 2.05) is 13.8 Å². The van der Waals surface area contributed by atoms with E-state index in [0.717, 1.165) is 0 Å². The van der Waals surface area contributed by atoms with Crippen molar-refractivity contribution in [2.75, 3.05) is 0 Å². The number of hydrogen-bond donors (Lipinski definition) is 3. The smallest absolute Gasteiger partial charge is 0.251 e. The molecule has 1 aromatic carbocycles. The first-order valence-corrected chi connectivity index (χ1v) is 6.28. The molecular weight excluding hydrogens is 268 g/mol. The van der Waals surface area contributed by atoms with Gasteiger partial charge in [0.2, 0.25) is 5.91 Å². The van der Waals surface area contributed by atoms with Crippen molar-refractivity contribution in [1.29, 1.82) is 0 Å². The lowest BCUT2D eigenvalue weighted by molar-refractivity contribution is -0.123. The molecule has 0 aromatic heterocycles. The summed E-state index contributed by atoms with van der Waals surface area (Å²) in [5.74, 6) is -0.773. The van der Waals surface area contributed by atoms with Crippen molar-refractivity contribution >= 4 is 23.4 Å². The second-order valence-electron chi connectivity index (χ2n) is 4.52. The Bertz CT molecular complexity index is 489. The van der Waals surface area contributed by atoms with E-state index in [2.05, 4.69) is 10.6 Å². The SMILES string of the molecule is CC(C)NC(=O)C(C)NC(=O)c1ccc(O)c(Cl)c1. The van der Waals surface area contributed by atoms with Crippen LogP contribution >= 0.6 is 11.6 Å². The Kier molecular flexibility index (Phi) is 5.18. The van der Waals surface area contributed by atoms with Crippen LogP contribution in [0.15, 0.2) is 18.2 Å². The molecular formula is C13H17ClN2O3. The summed E-state index contributed by atoms with van der Waals surface area (Å²) in [5.41, 5.74) is 0.284. The highest BCUT2D eigenvalue weighted by molar-refractivity contribution is 6.32. The lowest BCUT2D eigenvalue weighted by atomic mass is 10.2. The third kappa shape index (κ3) is 4.44. The van der Waals surface area contributed by atoms with Gasteiger partial charge in [0.15, 0.2) is 0 Å². The Balaban J connectivity index is 2.68. The van der Waals surface area contributed by atoms with E-state index in [9.17, 15) is 14.7 Å². The molecule has 0 heterocycles. The maximum atomic E-state index is 11.9. The first-order chi connectivity index (χ1) is 8.81. The summed E-state index contributed by atoms with van der Waals surface area (Å²) in [6.45, 7) is 5.27. The Hall–Kier alpha value is -1.75. The van der Waals surface area contributed by atoms with Gasteiger partial charge in [-0.25, -0.2) is 0 Å². The van der Waals surface area contributed by atoms with E-state index in [1.165, 1.54) is 18.2 Å². The monoisotopic (exact) mass is 284 g/mol. The van der Waals surface area contributed by atoms with Gasteiger partial charge < -0.3 is 15.7 Å². The van der Waals surface area contributed by atoms with Crippen LogP contribution in [0.25, 0.3) is 0 Å². The van der Waals surface area contributed by atoms with Gasteiger partial charge >= 0.3 is 0 Å². The number of rotatable bonds is 4. The summed E-state index contributed by atoms with van der Waals surface area (Å²) in [6.07, 6.45) is 0. The van der Waals surface area contributed by atoms with Crippen molar-refractivity contribution in [1.82, 2.24) is 10.6 Å². The summed E-state index contributed by atoms with van der Waals surface area (Å²) in [7, 11) is 0. The molecule has 0 spiro atoms. The standard InChI is InChI=1S/C13H17ClN2O3/c1-7(2)15-12(18)8(3)16-13(19)9-4-5-11(17)10(14)6-9/h4-8,17H,1-3H3,(H,15,18)(H,16,19). The van der Waals surface area contributed by atoms with E-state index >= 15 is 0 Å². The van der Waals surface area contributed by atoms with Gasteiger partial charge in [-0.3, -0.25) is 9.59 Å². The predicted molar refractivity (Wildman–Crippen MR) is 73.3 cm³/mol. The van der Waals surface area contributed by atoms with Gasteiger partial charge in [0.05, 0.1) is 5.02 Å². The van der Waals surface area contributed by atoms with Gasteiger partial charge in [-0.2, -0.15) is 0 Å². The molecule has 0 saturated heterocycles. The molecule has 104 valence electrons. The number of aromatic hydroxyl groups is 1. The fourth-order valence-electron chi connectivity index (χ4n) is 1.40. The fourth-order valence-corrected chi connectivity index (χ4v) is 1.58. The molecule has 0 saturated carbocycles. The molecule has 1 aromatic rings. The average molecular weight is 285 g/mol. The van der Waals surface area contributed by atoms with E-state index in [1.54, 1.807) is 6.92 Å². The number of halogens is 1. The highest BCUT2D eigenvalue weighted by Gasteiger charge is 2.17. The zero-order chi connectivity index (χ0) is 14.6. The Labute approximate surface area is 117 Å². The van der Waals surface area contributed by atoms with Crippen molar-refractivity contribution in [3.05, 3.63) is 28.8 Å². The highest BCUT2D eigenvalue weighted by Crippen LogP contribution is 2.23. The summed E-state index contributed by atoms with van der Waals surface area (Å²) < 4.78 is 0. The molecule has 6 heteroatoms. The number of phenolic OH excluding ortho intramolecular Hbond substituents is 1. The lowest BCUT2D eigenvalue weighted by Crippen LogP contribution is -2.46. The summed E-state index contributed by atoms with van der Waals surface area (Å²) in [4.78, 5) is 23.5. The van der Waals surface area contributed by atoms with Crippen LogP contribution in [0.5, 0.6) is 5.75 Å². The summed E-state index contributed by atoms with van der Waals surface area (Å²) in [6, 6.07) is 3.47. The van der Waals surface area contributed by atoms with E-state index < -0.39 is 11.9 Å². The first-order valence-electron chi connectivity index (χ1n) is 5.91. The quantitative estimate of drug-likeness (QED) is 0.787. The zero-order valence-electron chi connectivity index (χ0n) is 11.0. The highest BCUT2D eigenvalue weighted by atomic mass is 35.5. The van der Waals surface area contributed by atoms with Crippen LogP contribution < -0.4 is 10.6 Å². The molecule has 1 rings (SSSR count). The molecule has 0 aliphatic carbocycles. The number of carbonyl (C=O) groups is 2. The van der Waals surface area contributed by atoms with Crippen LogP contribution in [0, 0.1) is 0 Å². The lowest BCUT2D eigenvalue weighted by Gasteiger charge is -2.16. The van der Waals surface area contributed by atoms with Gasteiger partial charge in [-0.15, -0.1) is 0 Å². The molecule has 0 radical (unpaired) electrons. The molecule has 19 heavy (non-hydrogen) atoms. The molecule has 3 N–H and O–H groups in total. The number of benzene rings is 1. The van der Waals surface area contributed by atoms with Crippen LogP contribution in [-0.4, -0.2) is 29.0 Å². The van der Waals surface area contributed by atoms with Crippen molar-refractivity contribution in [2.45, 2.75) is 32.9 Å². The third-order valence-corrected chi connectivity index (χ3v) is 2.68. The number of nitrogens with one attached hydrogen (secondary N) is 2. The van der Waals surface area contributed by atoms with Gasteiger partial charge in [-0.1, -0.05) is 11.6 Å². The topological polar surface area (TPSA) is 78.4 Å². The van der Waals surface area contributed by atoms with Gasteiger partial charge in [0.1, 0.15) is 11.8 Å². The predicted octanol–water partition coefficient (Wildman–Crippen LogP) is 1.69. The van der Waals surface area contributed by atoms with Crippen LogP contribution in [0.1, 0.15) is 31.1 Å². The maximum Gasteiger partial charge on any atom is 0.251 e. The van der Waals surface area contributed by atoms with Crippen molar-refractivity contribution < 1.29 is 14.7 Å². The minimum atomic E-state index is -0.650. The maximum absolute atomic E-state index is 11.9. The number of amides is 2. The zero-order valence-corrected chi connectivity index (χ0v) is 11.8. The van der Waals surface area contributed by atoms with Crippen LogP contribution in [0.2, 0.25) is 5.02 Å².